The van der Waals surface area contributed by atoms with Gasteiger partial charge in [-0.15, -0.1) is 0 Å². The summed E-state index contributed by atoms with van der Waals surface area (Å²) in [5.41, 5.74) is 2.48. The van der Waals surface area contributed by atoms with Gasteiger partial charge in [-0.3, -0.25) is 19.8 Å². The van der Waals surface area contributed by atoms with E-state index in [1.54, 1.807) is 25.3 Å². The van der Waals surface area contributed by atoms with Crippen LogP contribution in [0.25, 0.3) is 6.08 Å². The summed E-state index contributed by atoms with van der Waals surface area (Å²) in [5, 5.41) is 11.7. The van der Waals surface area contributed by atoms with Gasteiger partial charge in [-0.2, -0.15) is 0 Å². The number of para-hydroxylation sites is 1. The molecule has 1 fully saturated rings. The number of halogens is 1. The van der Waals surface area contributed by atoms with Crippen LogP contribution in [0.1, 0.15) is 18.1 Å². The predicted octanol–water partition coefficient (Wildman–Crippen LogP) is 5.15. The van der Waals surface area contributed by atoms with E-state index in [-0.39, 0.29) is 11.6 Å². The SMILES string of the molecule is CCc1ccccc1N=C1S/C(=C/c2ccc(Br)c([N+](=O)[O-])c2)C(=O)N1C. The Bertz CT molecular complexity index is 988. The number of amidine groups is 1. The van der Waals surface area contributed by atoms with E-state index in [0.717, 1.165) is 17.7 Å². The maximum Gasteiger partial charge on any atom is 0.284 e. The van der Waals surface area contributed by atoms with Gasteiger partial charge in [0.1, 0.15) is 0 Å². The minimum atomic E-state index is -0.462. The molecule has 2 aromatic rings. The number of hydrogen-bond acceptors (Lipinski definition) is 5. The molecule has 0 aromatic heterocycles. The summed E-state index contributed by atoms with van der Waals surface area (Å²) < 4.78 is 0.399. The van der Waals surface area contributed by atoms with E-state index >= 15 is 0 Å². The maximum atomic E-state index is 12.6. The lowest BCUT2D eigenvalue weighted by Crippen LogP contribution is -2.23. The van der Waals surface area contributed by atoms with Gasteiger partial charge in [-0.05, 0) is 63.4 Å². The molecule has 8 heteroatoms. The number of nitro groups is 1. The number of nitro benzene ring substituents is 1. The number of nitrogens with zero attached hydrogens (tertiary/aromatic N) is 3. The van der Waals surface area contributed by atoms with Crippen LogP contribution in [0.5, 0.6) is 0 Å². The van der Waals surface area contributed by atoms with Gasteiger partial charge in [0.15, 0.2) is 5.17 Å². The van der Waals surface area contributed by atoms with Gasteiger partial charge in [0.05, 0.1) is 20.0 Å². The van der Waals surface area contributed by atoms with Crippen LogP contribution in [-0.4, -0.2) is 27.9 Å². The summed E-state index contributed by atoms with van der Waals surface area (Å²) in [5.74, 6) is -0.182. The quantitative estimate of drug-likeness (QED) is 0.370. The van der Waals surface area contributed by atoms with Crippen molar-refractivity contribution in [2.24, 2.45) is 4.99 Å². The summed E-state index contributed by atoms with van der Waals surface area (Å²) in [6.07, 6.45) is 2.50. The highest BCUT2D eigenvalue weighted by Gasteiger charge is 2.30. The molecule has 0 saturated carbocycles. The first-order valence-electron chi connectivity index (χ1n) is 8.19. The van der Waals surface area contributed by atoms with Crippen molar-refractivity contribution >= 4 is 56.2 Å². The van der Waals surface area contributed by atoms with Crippen molar-refractivity contribution < 1.29 is 9.72 Å². The lowest BCUT2D eigenvalue weighted by Gasteiger charge is -2.08. The molecule has 0 bridgehead atoms. The molecule has 0 unspecified atom stereocenters. The Hall–Kier alpha value is -2.45. The monoisotopic (exact) mass is 445 g/mol. The Morgan fingerprint density at radius 1 is 1.30 bits per heavy atom. The van der Waals surface area contributed by atoms with Gasteiger partial charge in [0, 0.05) is 13.1 Å². The first-order chi connectivity index (χ1) is 12.9. The van der Waals surface area contributed by atoms with Gasteiger partial charge >= 0.3 is 0 Å². The van der Waals surface area contributed by atoms with Gasteiger partial charge in [0.25, 0.3) is 11.6 Å². The minimum Gasteiger partial charge on any atom is -0.290 e. The average molecular weight is 446 g/mol. The number of hydrogen-bond donors (Lipinski definition) is 0. The Labute approximate surface area is 169 Å². The second-order valence-corrected chi connectivity index (χ2v) is 7.68. The molecule has 0 radical (unpaired) electrons. The molecule has 1 aliphatic rings. The number of thioether (sulfide) groups is 1. The maximum absolute atomic E-state index is 12.6. The summed E-state index contributed by atoms with van der Waals surface area (Å²) in [6, 6.07) is 12.6. The van der Waals surface area contributed by atoms with E-state index in [2.05, 4.69) is 27.8 Å². The molecule has 1 heterocycles. The molecule has 3 rings (SSSR count). The van der Waals surface area contributed by atoms with Gasteiger partial charge in [-0.25, -0.2) is 4.99 Å². The fourth-order valence-corrected chi connectivity index (χ4v) is 3.96. The number of carbonyl (C=O) groups excluding carboxylic acids is 1. The van der Waals surface area contributed by atoms with Crippen LogP contribution in [0.2, 0.25) is 0 Å². The molecule has 1 saturated heterocycles. The first kappa shape index (κ1) is 19.3. The normalized spacial score (nSPS) is 17.1. The number of aryl methyl sites for hydroxylation is 1. The van der Waals surface area contributed by atoms with E-state index in [1.165, 1.54) is 22.7 Å². The molecular weight excluding hydrogens is 430 g/mol. The minimum absolute atomic E-state index is 0.0427. The highest BCUT2D eigenvalue weighted by Crippen LogP contribution is 2.35. The summed E-state index contributed by atoms with van der Waals surface area (Å²) in [7, 11) is 1.67. The van der Waals surface area contributed by atoms with Gasteiger partial charge in [0.2, 0.25) is 0 Å². The first-order valence-corrected chi connectivity index (χ1v) is 9.79. The number of carbonyl (C=O) groups is 1. The molecule has 0 N–H and O–H groups in total. The molecule has 0 spiro atoms. The largest absolute Gasteiger partial charge is 0.290 e. The van der Waals surface area contributed by atoms with Crippen LogP contribution < -0.4 is 0 Å². The zero-order valence-corrected chi connectivity index (χ0v) is 17.1. The molecule has 2 aromatic carbocycles. The second kappa shape index (κ2) is 8.06. The van der Waals surface area contributed by atoms with Crippen LogP contribution in [0.3, 0.4) is 0 Å². The highest BCUT2D eigenvalue weighted by atomic mass is 79.9. The third-order valence-corrected chi connectivity index (χ3v) is 5.79. The number of benzene rings is 2. The smallest absolute Gasteiger partial charge is 0.284 e. The fourth-order valence-electron chi connectivity index (χ4n) is 2.58. The zero-order chi connectivity index (χ0) is 19.6. The molecular formula is C19H16BrN3O3S. The van der Waals surface area contributed by atoms with Crippen molar-refractivity contribution in [3.63, 3.8) is 0 Å². The van der Waals surface area contributed by atoms with E-state index in [1.807, 2.05) is 24.3 Å². The lowest BCUT2D eigenvalue weighted by atomic mass is 10.1. The van der Waals surface area contributed by atoms with E-state index in [9.17, 15) is 14.9 Å². The predicted molar refractivity (Wildman–Crippen MR) is 112 cm³/mol. The number of rotatable bonds is 4. The third-order valence-electron chi connectivity index (χ3n) is 4.06. The molecule has 27 heavy (non-hydrogen) atoms. The van der Waals surface area contributed by atoms with E-state index < -0.39 is 4.92 Å². The number of aliphatic imine (C=N–C) groups is 1. The summed E-state index contributed by atoms with van der Waals surface area (Å²) in [4.78, 5) is 29.8. The van der Waals surface area contributed by atoms with Crippen molar-refractivity contribution in [1.82, 2.24) is 4.90 Å². The topological polar surface area (TPSA) is 75.8 Å². The van der Waals surface area contributed by atoms with Crippen LogP contribution in [0, 0.1) is 10.1 Å². The van der Waals surface area contributed by atoms with Crippen molar-refractivity contribution in [3.05, 3.63) is 73.1 Å². The van der Waals surface area contributed by atoms with Crippen LogP contribution in [-0.2, 0) is 11.2 Å². The zero-order valence-electron chi connectivity index (χ0n) is 14.7. The van der Waals surface area contributed by atoms with E-state index in [0.29, 0.717) is 20.1 Å². The van der Waals surface area contributed by atoms with Crippen LogP contribution in [0.4, 0.5) is 11.4 Å². The lowest BCUT2D eigenvalue weighted by molar-refractivity contribution is -0.385. The van der Waals surface area contributed by atoms with Gasteiger partial charge < -0.3 is 0 Å². The average Bonchev–Trinajstić information content (AvgIpc) is 2.91. The second-order valence-electron chi connectivity index (χ2n) is 5.82. The highest BCUT2D eigenvalue weighted by molar-refractivity contribution is 9.10. The Kier molecular flexibility index (Phi) is 5.76. The fraction of sp³-hybridized carbons (Fsp3) is 0.158. The molecule has 138 valence electrons. The number of amides is 1. The Morgan fingerprint density at radius 2 is 2.04 bits per heavy atom. The van der Waals surface area contributed by atoms with Crippen molar-refractivity contribution in [2.75, 3.05) is 7.05 Å². The molecule has 6 nitrogen and oxygen atoms in total. The summed E-state index contributed by atoms with van der Waals surface area (Å²) in [6.45, 7) is 2.06. The van der Waals surface area contributed by atoms with E-state index in [4.69, 9.17) is 0 Å². The third kappa shape index (κ3) is 4.12. The van der Waals surface area contributed by atoms with Crippen molar-refractivity contribution in [3.8, 4) is 0 Å². The molecule has 0 aliphatic carbocycles. The van der Waals surface area contributed by atoms with Gasteiger partial charge in [-0.1, -0.05) is 31.2 Å². The number of likely N-dealkylation sites (N-methyl/N-ethyl adjacent to an activating group) is 1. The van der Waals surface area contributed by atoms with Crippen molar-refractivity contribution in [1.29, 1.82) is 0 Å². The molecule has 0 atom stereocenters. The molecule has 1 amide bonds. The van der Waals surface area contributed by atoms with Crippen LogP contribution in [0.15, 0.2) is 56.8 Å². The Morgan fingerprint density at radius 3 is 2.74 bits per heavy atom. The molecule has 1 aliphatic heterocycles. The standard InChI is InChI=1S/C19H16BrN3O3S/c1-3-13-6-4-5-7-15(13)21-19-22(2)18(24)17(27-19)11-12-8-9-14(20)16(10-12)23(25)26/h4-11H,3H2,1-2H3/b17-11+,21-19?. The Balaban J connectivity index is 1.94. The van der Waals surface area contributed by atoms with Crippen molar-refractivity contribution in [2.45, 2.75) is 13.3 Å². The van der Waals surface area contributed by atoms with Crippen LogP contribution >= 0.6 is 27.7 Å². The summed E-state index contributed by atoms with van der Waals surface area (Å²) >= 11 is 4.42.